The van der Waals surface area contributed by atoms with Crippen molar-refractivity contribution in [3.05, 3.63) is 77.7 Å². The number of halogens is 1. The van der Waals surface area contributed by atoms with Gasteiger partial charge in [0.05, 0.1) is 28.8 Å². The third-order valence-electron chi connectivity index (χ3n) is 7.69. The predicted molar refractivity (Wildman–Crippen MR) is 163 cm³/mol. The first-order chi connectivity index (χ1) is 19.6. The Morgan fingerprint density at radius 1 is 1.00 bits per heavy atom. The van der Waals surface area contributed by atoms with E-state index in [1.807, 2.05) is 12.1 Å². The molecule has 0 radical (unpaired) electrons. The second kappa shape index (κ2) is 12.1. The molecule has 8 nitrogen and oxygen atoms in total. The molecule has 2 aromatic heterocycles. The van der Waals surface area contributed by atoms with E-state index in [9.17, 15) is 8.42 Å². The van der Waals surface area contributed by atoms with E-state index in [1.165, 1.54) is 12.1 Å². The van der Waals surface area contributed by atoms with Gasteiger partial charge < -0.3 is 10.2 Å². The molecule has 10 heteroatoms. The fourth-order valence-electron chi connectivity index (χ4n) is 5.38. The number of rotatable bonds is 9. The van der Waals surface area contributed by atoms with Crippen molar-refractivity contribution in [3.8, 4) is 11.3 Å². The van der Waals surface area contributed by atoms with Crippen molar-refractivity contribution in [2.45, 2.75) is 63.3 Å². The van der Waals surface area contributed by atoms with Gasteiger partial charge in [-0.2, -0.15) is 0 Å². The van der Waals surface area contributed by atoms with Gasteiger partial charge in [0.25, 0.3) is 0 Å². The summed E-state index contributed by atoms with van der Waals surface area (Å²) in [6.07, 6.45) is 6.15. The molecule has 0 unspecified atom stereocenters. The fraction of sp³-hybridized carbons (Fsp3) is 0.387. The van der Waals surface area contributed by atoms with E-state index in [2.05, 4.69) is 47.9 Å². The molecule has 2 heterocycles. The number of aromatic nitrogens is 3. The molecule has 2 N–H and O–H groups in total. The zero-order chi connectivity index (χ0) is 29.1. The molecule has 0 amide bonds. The molecule has 0 saturated heterocycles. The quantitative estimate of drug-likeness (QED) is 0.245. The van der Waals surface area contributed by atoms with Gasteiger partial charge in [-0.25, -0.2) is 27.8 Å². The lowest BCUT2D eigenvalue weighted by atomic mass is 9.90. The Labute approximate surface area is 241 Å². The maximum Gasteiger partial charge on any atom is 0.237 e. The van der Waals surface area contributed by atoms with E-state index in [-0.39, 0.29) is 17.4 Å². The van der Waals surface area contributed by atoms with Crippen LogP contribution in [0.5, 0.6) is 0 Å². The first-order valence-electron chi connectivity index (χ1n) is 14.0. The second-order valence-electron chi connectivity index (χ2n) is 11.3. The standard InChI is InChI=1S/C31H37FN6O2S/c1-20(2)25-17-28(22-10-15-27(26(32)16-22)37-41(39,40)19-21-8-6-5-7-9-21)35-29-18-33-31(36-30(25)29)34-23-11-13-24(14-12-23)38(3)4/h5-10,15-18,20,23-24,37H,11-14,19H2,1-4H3,(H,33,34,36)/t23-,24-. The molecule has 4 aromatic rings. The van der Waals surface area contributed by atoms with Crippen LogP contribution in [0.2, 0.25) is 0 Å². The zero-order valence-electron chi connectivity index (χ0n) is 23.9. The average Bonchev–Trinajstić information content (AvgIpc) is 2.94. The number of pyridine rings is 1. The summed E-state index contributed by atoms with van der Waals surface area (Å²) in [5.41, 5.74) is 4.02. The smallest absolute Gasteiger partial charge is 0.237 e. The third kappa shape index (κ3) is 7.00. The number of nitrogens with zero attached hydrogens (tertiary/aromatic N) is 4. The number of sulfonamides is 1. The molecule has 2 aromatic carbocycles. The van der Waals surface area contributed by atoms with E-state index in [1.54, 1.807) is 36.5 Å². The van der Waals surface area contributed by atoms with Gasteiger partial charge in [-0.1, -0.05) is 50.2 Å². The summed E-state index contributed by atoms with van der Waals surface area (Å²) < 4.78 is 42.8. The van der Waals surface area contributed by atoms with Crippen LogP contribution in [0.3, 0.4) is 0 Å². The summed E-state index contributed by atoms with van der Waals surface area (Å²) in [6.45, 7) is 4.17. The molecule has 0 bridgehead atoms. The van der Waals surface area contributed by atoms with Crippen LogP contribution in [0, 0.1) is 5.82 Å². The van der Waals surface area contributed by atoms with E-state index < -0.39 is 15.8 Å². The van der Waals surface area contributed by atoms with Crippen molar-refractivity contribution in [2.75, 3.05) is 24.1 Å². The topological polar surface area (TPSA) is 100 Å². The van der Waals surface area contributed by atoms with Gasteiger partial charge in [-0.05, 0) is 75.0 Å². The Balaban J connectivity index is 1.36. The van der Waals surface area contributed by atoms with Crippen LogP contribution in [-0.4, -0.2) is 54.4 Å². The molecule has 5 rings (SSSR count). The highest BCUT2D eigenvalue weighted by Gasteiger charge is 2.23. The highest BCUT2D eigenvalue weighted by atomic mass is 32.2. The number of benzene rings is 2. The molecule has 1 aliphatic carbocycles. The number of hydrogen-bond acceptors (Lipinski definition) is 7. The van der Waals surface area contributed by atoms with Gasteiger partial charge in [0.1, 0.15) is 11.3 Å². The predicted octanol–water partition coefficient (Wildman–Crippen LogP) is 6.18. The summed E-state index contributed by atoms with van der Waals surface area (Å²) in [6, 6.07) is 16.1. The van der Waals surface area contributed by atoms with Gasteiger partial charge in [0.15, 0.2) is 0 Å². The number of fused-ring (bicyclic) bond motifs is 1. The molecule has 0 atom stereocenters. The lowest BCUT2D eigenvalue weighted by molar-refractivity contribution is 0.221. The van der Waals surface area contributed by atoms with E-state index in [0.717, 1.165) is 36.8 Å². The first kappa shape index (κ1) is 28.9. The molecule has 0 aliphatic heterocycles. The third-order valence-corrected chi connectivity index (χ3v) is 8.93. The lowest BCUT2D eigenvalue weighted by Gasteiger charge is -2.32. The van der Waals surface area contributed by atoms with Crippen molar-refractivity contribution >= 4 is 32.7 Å². The molecule has 0 spiro atoms. The van der Waals surface area contributed by atoms with Gasteiger partial charge in [0.2, 0.25) is 16.0 Å². The van der Waals surface area contributed by atoms with Crippen molar-refractivity contribution in [1.82, 2.24) is 19.9 Å². The molecule has 1 fully saturated rings. The van der Waals surface area contributed by atoms with Gasteiger partial charge in [-0.3, -0.25) is 4.72 Å². The van der Waals surface area contributed by atoms with Crippen molar-refractivity contribution in [1.29, 1.82) is 0 Å². The van der Waals surface area contributed by atoms with E-state index >= 15 is 4.39 Å². The van der Waals surface area contributed by atoms with Crippen LogP contribution in [-0.2, 0) is 15.8 Å². The lowest BCUT2D eigenvalue weighted by Crippen LogP contribution is -2.36. The summed E-state index contributed by atoms with van der Waals surface area (Å²) in [7, 11) is 0.485. The zero-order valence-corrected chi connectivity index (χ0v) is 24.7. The summed E-state index contributed by atoms with van der Waals surface area (Å²) >= 11 is 0. The Morgan fingerprint density at radius 2 is 1.73 bits per heavy atom. The normalized spacial score (nSPS) is 17.7. The SMILES string of the molecule is CC(C)c1cc(-c2ccc(NS(=O)(=O)Cc3ccccc3)c(F)c2)nc2cnc(N[C@H]3CC[C@H](N(C)C)CC3)nc12. The molecular weight excluding hydrogens is 539 g/mol. The largest absolute Gasteiger partial charge is 0.351 e. The van der Waals surface area contributed by atoms with Crippen molar-refractivity contribution < 1.29 is 12.8 Å². The fourth-order valence-corrected chi connectivity index (χ4v) is 6.58. The maximum absolute atomic E-state index is 15.1. The van der Waals surface area contributed by atoms with Crippen LogP contribution >= 0.6 is 0 Å². The first-order valence-corrected chi connectivity index (χ1v) is 15.7. The van der Waals surface area contributed by atoms with Crippen LogP contribution in [0.4, 0.5) is 16.0 Å². The van der Waals surface area contributed by atoms with Gasteiger partial charge >= 0.3 is 0 Å². The molecule has 41 heavy (non-hydrogen) atoms. The number of anilines is 2. The molecular formula is C31H37FN6O2S. The molecule has 1 saturated carbocycles. The van der Waals surface area contributed by atoms with E-state index in [0.29, 0.717) is 40.4 Å². The summed E-state index contributed by atoms with van der Waals surface area (Å²) in [5, 5.41) is 3.52. The number of nitrogens with one attached hydrogen (secondary N) is 2. The van der Waals surface area contributed by atoms with Crippen LogP contribution in [0.25, 0.3) is 22.3 Å². The van der Waals surface area contributed by atoms with Crippen LogP contribution < -0.4 is 10.0 Å². The Kier molecular flexibility index (Phi) is 8.51. The monoisotopic (exact) mass is 576 g/mol. The molecule has 1 aliphatic rings. The minimum atomic E-state index is -3.79. The van der Waals surface area contributed by atoms with Gasteiger partial charge in [-0.15, -0.1) is 0 Å². The minimum Gasteiger partial charge on any atom is -0.351 e. The minimum absolute atomic E-state index is 0.104. The highest BCUT2D eigenvalue weighted by molar-refractivity contribution is 7.91. The Bertz CT molecular complexity index is 1620. The van der Waals surface area contributed by atoms with Crippen molar-refractivity contribution in [3.63, 3.8) is 0 Å². The van der Waals surface area contributed by atoms with Crippen molar-refractivity contribution in [2.24, 2.45) is 0 Å². The summed E-state index contributed by atoms with van der Waals surface area (Å²) in [5.74, 6) is -0.175. The Hall–Kier alpha value is -3.63. The van der Waals surface area contributed by atoms with Crippen LogP contribution in [0.1, 0.15) is 56.6 Å². The van der Waals surface area contributed by atoms with Crippen LogP contribution in [0.15, 0.2) is 60.8 Å². The highest BCUT2D eigenvalue weighted by Crippen LogP contribution is 2.31. The second-order valence-corrected chi connectivity index (χ2v) is 13.1. The number of hydrogen-bond donors (Lipinski definition) is 2. The van der Waals surface area contributed by atoms with Gasteiger partial charge in [0, 0.05) is 17.6 Å². The molecule has 216 valence electrons. The summed E-state index contributed by atoms with van der Waals surface area (Å²) in [4.78, 5) is 16.4. The van der Waals surface area contributed by atoms with E-state index in [4.69, 9.17) is 9.97 Å². The Morgan fingerprint density at radius 3 is 2.39 bits per heavy atom. The average molecular weight is 577 g/mol. The maximum atomic E-state index is 15.1.